The predicted octanol–water partition coefficient (Wildman–Crippen LogP) is 0.134. The zero-order valence-corrected chi connectivity index (χ0v) is 12.1. The van der Waals surface area contributed by atoms with E-state index in [0.717, 1.165) is 31.1 Å². The molecule has 0 aliphatic carbocycles. The number of nitrogens with zero attached hydrogens (tertiary/aromatic N) is 2. The Kier molecular flexibility index (Phi) is 5.05. The fraction of sp³-hybridized carbons (Fsp3) is 0.583. The van der Waals surface area contributed by atoms with E-state index in [0.29, 0.717) is 17.4 Å². The maximum atomic E-state index is 11.1. The van der Waals surface area contributed by atoms with Crippen molar-refractivity contribution in [2.75, 3.05) is 31.5 Å². The van der Waals surface area contributed by atoms with Crippen molar-refractivity contribution in [1.82, 2.24) is 15.2 Å². The van der Waals surface area contributed by atoms with E-state index >= 15 is 0 Å². The minimum Gasteiger partial charge on any atom is -0.481 e. The fourth-order valence-electron chi connectivity index (χ4n) is 2.06. The number of thiazole rings is 1. The number of hydrogen-bond donors (Lipinski definition) is 3. The molecule has 0 radical (unpaired) electrons. The van der Waals surface area contributed by atoms with E-state index < -0.39 is 5.97 Å². The maximum Gasteiger partial charge on any atom is 0.309 e. The molecule has 1 aliphatic heterocycles. The number of carboxylic acids is 1. The number of nitrogens with one attached hydrogen (secondary N) is 2. The lowest BCUT2D eigenvalue weighted by Gasteiger charge is -2.26. The highest BCUT2D eigenvalue weighted by atomic mass is 32.1. The molecule has 0 atom stereocenters. The van der Waals surface area contributed by atoms with Gasteiger partial charge in [-0.25, -0.2) is 4.98 Å². The topological polar surface area (TPSA) is 94.6 Å². The van der Waals surface area contributed by atoms with E-state index in [9.17, 15) is 9.59 Å². The molecule has 2 heterocycles. The van der Waals surface area contributed by atoms with Gasteiger partial charge in [-0.1, -0.05) is 0 Å². The van der Waals surface area contributed by atoms with Crippen LogP contribution in [0.25, 0.3) is 0 Å². The second-order valence-corrected chi connectivity index (χ2v) is 5.75. The highest BCUT2D eigenvalue weighted by Crippen LogP contribution is 2.25. The highest BCUT2D eigenvalue weighted by molar-refractivity contribution is 7.15. The summed E-state index contributed by atoms with van der Waals surface area (Å²) in [5.74, 6) is -1.11. The van der Waals surface area contributed by atoms with Gasteiger partial charge in [0, 0.05) is 44.5 Å². The van der Waals surface area contributed by atoms with Crippen LogP contribution >= 0.6 is 11.3 Å². The molecule has 0 spiro atoms. The summed E-state index contributed by atoms with van der Waals surface area (Å²) in [7, 11) is 0. The Hall–Kier alpha value is -1.51. The van der Waals surface area contributed by atoms with Crippen LogP contribution in [-0.2, 0) is 22.6 Å². The minimum atomic E-state index is -0.911. The molecule has 1 saturated heterocycles. The van der Waals surface area contributed by atoms with E-state index in [-0.39, 0.29) is 12.3 Å². The molecular weight excluding hydrogens is 280 g/mol. The zero-order chi connectivity index (χ0) is 14.5. The Morgan fingerprint density at radius 1 is 1.45 bits per heavy atom. The molecule has 0 aromatic carbocycles. The summed E-state index contributed by atoms with van der Waals surface area (Å²) in [6.45, 7) is 5.83. The smallest absolute Gasteiger partial charge is 0.309 e. The summed E-state index contributed by atoms with van der Waals surface area (Å²) in [5.41, 5.74) is 0.546. The first kappa shape index (κ1) is 14.9. The van der Waals surface area contributed by atoms with Crippen molar-refractivity contribution in [2.45, 2.75) is 19.9 Å². The van der Waals surface area contributed by atoms with Crippen LogP contribution in [0.15, 0.2) is 0 Å². The molecule has 0 bridgehead atoms. The third kappa shape index (κ3) is 4.26. The number of hydrogen-bond acceptors (Lipinski definition) is 6. The van der Waals surface area contributed by atoms with Crippen molar-refractivity contribution in [3.05, 3.63) is 10.6 Å². The largest absolute Gasteiger partial charge is 0.481 e. The van der Waals surface area contributed by atoms with Gasteiger partial charge in [-0.2, -0.15) is 0 Å². The number of aliphatic carboxylic acids is 1. The first-order valence-corrected chi connectivity index (χ1v) is 7.27. The number of aromatic nitrogens is 1. The molecule has 1 fully saturated rings. The molecule has 1 aliphatic rings. The van der Waals surface area contributed by atoms with E-state index in [4.69, 9.17) is 5.11 Å². The van der Waals surface area contributed by atoms with Crippen molar-refractivity contribution in [2.24, 2.45) is 0 Å². The molecule has 7 nitrogen and oxygen atoms in total. The van der Waals surface area contributed by atoms with Gasteiger partial charge < -0.3 is 15.7 Å². The second-order valence-electron chi connectivity index (χ2n) is 4.67. The zero-order valence-electron chi connectivity index (χ0n) is 11.3. The Morgan fingerprint density at radius 3 is 2.75 bits per heavy atom. The average Bonchev–Trinajstić information content (AvgIpc) is 2.70. The van der Waals surface area contributed by atoms with Crippen LogP contribution in [0.3, 0.4) is 0 Å². The Labute approximate surface area is 121 Å². The van der Waals surface area contributed by atoms with Gasteiger partial charge in [-0.15, -0.1) is 11.3 Å². The average molecular weight is 298 g/mol. The summed E-state index contributed by atoms with van der Waals surface area (Å²) in [5, 5.41) is 15.3. The Morgan fingerprint density at radius 2 is 2.15 bits per heavy atom. The first-order valence-electron chi connectivity index (χ1n) is 6.45. The molecule has 110 valence electrons. The third-order valence-corrected chi connectivity index (χ3v) is 3.95. The number of amides is 1. The molecular formula is C12H18N4O3S. The lowest BCUT2D eigenvalue weighted by molar-refractivity contribution is -0.136. The third-order valence-electron chi connectivity index (χ3n) is 2.96. The molecule has 20 heavy (non-hydrogen) atoms. The van der Waals surface area contributed by atoms with Gasteiger partial charge >= 0.3 is 5.97 Å². The van der Waals surface area contributed by atoms with Crippen molar-refractivity contribution in [1.29, 1.82) is 0 Å². The fourth-order valence-corrected chi connectivity index (χ4v) is 3.13. The Bertz CT molecular complexity index is 497. The molecule has 0 saturated carbocycles. The summed E-state index contributed by atoms with van der Waals surface area (Å²) in [4.78, 5) is 29.4. The number of carbonyl (C=O) groups is 2. The van der Waals surface area contributed by atoms with E-state index in [1.165, 1.54) is 18.3 Å². The second kappa shape index (κ2) is 6.78. The first-order chi connectivity index (χ1) is 9.54. The summed E-state index contributed by atoms with van der Waals surface area (Å²) in [6.07, 6.45) is -0.114. The van der Waals surface area contributed by atoms with Crippen molar-refractivity contribution in [3.8, 4) is 0 Å². The molecule has 2 rings (SSSR count). The summed E-state index contributed by atoms with van der Waals surface area (Å²) < 4.78 is 0. The normalized spacial score (nSPS) is 16.1. The molecule has 1 aromatic heterocycles. The molecule has 0 unspecified atom stereocenters. The van der Waals surface area contributed by atoms with Crippen LogP contribution in [0.2, 0.25) is 0 Å². The number of rotatable bonds is 5. The van der Waals surface area contributed by atoms with Crippen LogP contribution < -0.4 is 10.6 Å². The van der Waals surface area contributed by atoms with Gasteiger partial charge in [0.15, 0.2) is 5.13 Å². The van der Waals surface area contributed by atoms with Gasteiger partial charge in [0.1, 0.15) is 0 Å². The van der Waals surface area contributed by atoms with Crippen molar-refractivity contribution >= 4 is 28.3 Å². The van der Waals surface area contributed by atoms with Crippen LogP contribution in [0.5, 0.6) is 0 Å². The maximum absolute atomic E-state index is 11.1. The number of carbonyl (C=O) groups excluding carboxylic acids is 1. The van der Waals surface area contributed by atoms with E-state index in [2.05, 4.69) is 20.5 Å². The number of piperazine rings is 1. The number of carboxylic acid groups (broad SMARTS) is 1. The predicted molar refractivity (Wildman–Crippen MR) is 75.9 cm³/mol. The van der Waals surface area contributed by atoms with Crippen molar-refractivity contribution in [3.63, 3.8) is 0 Å². The van der Waals surface area contributed by atoms with Gasteiger partial charge in [-0.05, 0) is 0 Å². The number of anilines is 1. The molecule has 1 amide bonds. The van der Waals surface area contributed by atoms with Crippen LogP contribution in [0, 0.1) is 0 Å². The van der Waals surface area contributed by atoms with Crippen molar-refractivity contribution < 1.29 is 14.7 Å². The van der Waals surface area contributed by atoms with Crippen LogP contribution in [0.1, 0.15) is 17.5 Å². The molecule has 3 N–H and O–H groups in total. The lowest BCUT2D eigenvalue weighted by Crippen LogP contribution is -2.42. The molecule has 1 aromatic rings. The summed E-state index contributed by atoms with van der Waals surface area (Å²) >= 11 is 1.36. The van der Waals surface area contributed by atoms with Crippen LogP contribution in [0.4, 0.5) is 5.13 Å². The van der Waals surface area contributed by atoms with Gasteiger partial charge in [0.2, 0.25) is 5.91 Å². The summed E-state index contributed by atoms with van der Waals surface area (Å²) in [6, 6.07) is 0. The van der Waals surface area contributed by atoms with E-state index in [1.54, 1.807) is 0 Å². The SMILES string of the molecule is CC(=O)Nc1nc(CC(=O)O)c(CN2CCNCC2)s1. The quantitative estimate of drug-likeness (QED) is 0.715. The monoisotopic (exact) mass is 298 g/mol. The highest BCUT2D eigenvalue weighted by Gasteiger charge is 2.18. The lowest BCUT2D eigenvalue weighted by atomic mass is 10.2. The van der Waals surface area contributed by atoms with Gasteiger partial charge in [0.25, 0.3) is 0 Å². The van der Waals surface area contributed by atoms with E-state index in [1.807, 2.05) is 0 Å². The minimum absolute atomic E-state index is 0.114. The van der Waals surface area contributed by atoms with Crippen LogP contribution in [-0.4, -0.2) is 53.0 Å². The van der Waals surface area contributed by atoms with Gasteiger partial charge in [-0.3, -0.25) is 14.5 Å². The standard InChI is InChI=1S/C12H18N4O3S/c1-8(17)14-12-15-9(6-11(18)19)10(20-12)7-16-4-2-13-3-5-16/h13H,2-7H2,1H3,(H,18,19)(H,14,15,17). The van der Waals surface area contributed by atoms with Gasteiger partial charge in [0.05, 0.1) is 12.1 Å². The molecule has 8 heteroatoms. The Balaban J connectivity index is 2.12.